The molecule has 0 spiro atoms. The monoisotopic (exact) mass is 551 g/mol. The zero-order valence-corrected chi connectivity index (χ0v) is 24.2. The Morgan fingerprint density at radius 3 is 2.38 bits per heavy atom. The van der Waals surface area contributed by atoms with Crippen molar-refractivity contribution in [2.24, 2.45) is 0 Å². The standard InChI is InChI=1S/C32H33N5O2S/c1-19-14-24(31-33-22(4)39-35-31)8-12-27(19)23-6-9-25(10-7-23)34-32(38)29-18-40-30-13-11-26(15-28(29)30)37-16-20(2)36(5)21(3)17-37/h6-15,18,20-21H,16-17H2,1-5H3,(H,34,38)/t20-,21+. The quantitative estimate of drug-likeness (QED) is 0.253. The third kappa shape index (κ3) is 5.00. The fourth-order valence-corrected chi connectivity index (χ4v) is 6.40. The Kier molecular flexibility index (Phi) is 6.90. The maximum atomic E-state index is 13.4. The number of amides is 1. The normalized spacial score (nSPS) is 17.9. The third-order valence-corrected chi connectivity index (χ3v) is 8.96. The van der Waals surface area contributed by atoms with E-state index >= 15 is 0 Å². The number of carbonyl (C=O) groups is 1. The van der Waals surface area contributed by atoms with Gasteiger partial charge >= 0.3 is 0 Å². The summed E-state index contributed by atoms with van der Waals surface area (Å²) in [6.07, 6.45) is 0. The average molecular weight is 552 g/mol. The molecule has 1 aliphatic heterocycles. The number of hydrogen-bond donors (Lipinski definition) is 1. The highest BCUT2D eigenvalue weighted by molar-refractivity contribution is 7.17. The number of nitrogens with one attached hydrogen (secondary N) is 1. The van der Waals surface area contributed by atoms with Crippen molar-refractivity contribution in [2.75, 3.05) is 30.4 Å². The molecule has 1 N–H and O–H groups in total. The SMILES string of the molecule is Cc1nc(-c2ccc(-c3ccc(NC(=O)c4csc5ccc(N6C[C@@H](C)N(C)[C@@H](C)C6)cc45)cc3)c(C)c2)no1. The first-order chi connectivity index (χ1) is 19.3. The zero-order chi connectivity index (χ0) is 28.0. The van der Waals surface area contributed by atoms with Gasteiger partial charge in [-0.05, 0) is 80.9 Å². The van der Waals surface area contributed by atoms with E-state index in [2.05, 4.69) is 83.4 Å². The number of benzene rings is 3. The number of aromatic nitrogens is 2. The number of carbonyl (C=O) groups excluding carboxylic acids is 1. The minimum Gasteiger partial charge on any atom is -0.368 e. The van der Waals surface area contributed by atoms with Crippen LogP contribution in [0.15, 0.2) is 70.6 Å². The molecule has 6 rings (SSSR count). The van der Waals surface area contributed by atoms with Crippen LogP contribution in [0.5, 0.6) is 0 Å². The summed E-state index contributed by atoms with van der Waals surface area (Å²) >= 11 is 1.61. The molecular weight excluding hydrogens is 518 g/mol. The molecule has 1 fully saturated rings. The molecule has 0 bridgehead atoms. The van der Waals surface area contributed by atoms with E-state index in [0.717, 1.165) is 51.1 Å². The van der Waals surface area contributed by atoms with Crippen molar-refractivity contribution < 1.29 is 9.32 Å². The highest BCUT2D eigenvalue weighted by Gasteiger charge is 2.27. The van der Waals surface area contributed by atoms with E-state index in [0.29, 0.717) is 29.4 Å². The van der Waals surface area contributed by atoms with Crippen LogP contribution >= 0.6 is 11.3 Å². The van der Waals surface area contributed by atoms with E-state index in [-0.39, 0.29) is 5.91 Å². The van der Waals surface area contributed by atoms with Gasteiger partial charge in [0.1, 0.15) is 0 Å². The lowest BCUT2D eigenvalue weighted by Crippen LogP contribution is -2.55. The smallest absolute Gasteiger partial charge is 0.257 e. The van der Waals surface area contributed by atoms with E-state index in [1.54, 1.807) is 18.3 Å². The van der Waals surface area contributed by atoms with Crippen LogP contribution in [0, 0.1) is 13.8 Å². The Bertz CT molecular complexity index is 1680. The summed E-state index contributed by atoms with van der Waals surface area (Å²) in [5, 5.41) is 10.1. The molecule has 0 aliphatic carbocycles. The van der Waals surface area contributed by atoms with Gasteiger partial charge in [-0.25, -0.2) is 0 Å². The Hall–Kier alpha value is -4.01. The maximum absolute atomic E-state index is 13.4. The first-order valence-electron chi connectivity index (χ1n) is 13.6. The molecule has 5 aromatic rings. The first-order valence-corrected chi connectivity index (χ1v) is 14.5. The van der Waals surface area contributed by atoms with E-state index in [1.807, 2.05) is 35.7 Å². The van der Waals surface area contributed by atoms with Crippen LogP contribution in [0.3, 0.4) is 0 Å². The largest absolute Gasteiger partial charge is 0.368 e. The molecule has 40 heavy (non-hydrogen) atoms. The molecule has 204 valence electrons. The summed E-state index contributed by atoms with van der Waals surface area (Å²) in [5.74, 6) is 1.04. The van der Waals surface area contributed by atoms with Crippen molar-refractivity contribution in [2.45, 2.75) is 39.8 Å². The summed E-state index contributed by atoms with van der Waals surface area (Å²) in [6.45, 7) is 10.3. The second-order valence-corrected chi connectivity index (χ2v) is 11.7. The highest BCUT2D eigenvalue weighted by Crippen LogP contribution is 2.33. The highest BCUT2D eigenvalue weighted by atomic mass is 32.1. The number of aryl methyl sites for hydroxylation is 2. The van der Waals surface area contributed by atoms with Crippen molar-refractivity contribution in [3.05, 3.63) is 83.1 Å². The predicted octanol–water partition coefficient (Wildman–Crippen LogP) is 7.02. The van der Waals surface area contributed by atoms with E-state index in [9.17, 15) is 4.79 Å². The lowest BCUT2D eigenvalue weighted by atomic mass is 9.98. The molecule has 2 aromatic heterocycles. The van der Waals surface area contributed by atoms with Gasteiger partial charge in [0, 0.05) is 64.5 Å². The molecule has 1 aliphatic rings. The molecule has 2 atom stereocenters. The second kappa shape index (κ2) is 10.5. The van der Waals surface area contributed by atoms with Gasteiger partial charge in [0.25, 0.3) is 5.91 Å². The van der Waals surface area contributed by atoms with E-state index < -0.39 is 0 Å². The minimum absolute atomic E-state index is 0.0906. The number of fused-ring (bicyclic) bond motifs is 1. The number of anilines is 2. The molecule has 0 saturated carbocycles. The van der Waals surface area contributed by atoms with Crippen molar-refractivity contribution in [3.63, 3.8) is 0 Å². The molecule has 3 heterocycles. The third-order valence-electron chi connectivity index (χ3n) is 7.99. The number of likely N-dealkylation sites (N-methyl/N-ethyl adjacent to an activating group) is 1. The van der Waals surface area contributed by atoms with Gasteiger partial charge < -0.3 is 14.7 Å². The van der Waals surface area contributed by atoms with Gasteiger partial charge in [0.05, 0.1) is 5.56 Å². The minimum atomic E-state index is -0.0906. The fourth-order valence-electron chi connectivity index (χ4n) is 5.48. The van der Waals surface area contributed by atoms with Crippen LogP contribution in [0.4, 0.5) is 11.4 Å². The van der Waals surface area contributed by atoms with Crippen LogP contribution in [0.1, 0.15) is 35.7 Å². The zero-order valence-electron chi connectivity index (χ0n) is 23.4. The number of nitrogens with zero attached hydrogens (tertiary/aromatic N) is 4. The molecule has 8 heteroatoms. The predicted molar refractivity (Wildman–Crippen MR) is 163 cm³/mol. The fraction of sp³-hybridized carbons (Fsp3) is 0.281. The number of thiophene rings is 1. The summed E-state index contributed by atoms with van der Waals surface area (Å²) in [5.41, 5.74) is 6.88. The van der Waals surface area contributed by atoms with Gasteiger partial charge in [0.15, 0.2) is 0 Å². The van der Waals surface area contributed by atoms with Crippen molar-refractivity contribution >= 4 is 38.7 Å². The van der Waals surface area contributed by atoms with Gasteiger partial charge in [0.2, 0.25) is 11.7 Å². The van der Waals surface area contributed by atoms with Gasteiger partial charge in [-0.3, -0.25) is 9.69 Å². The Labute approximate surface area is 238 Å². The molecule has 1 amide bonds. The van der Waals surface area contributed by atoms with Gasteiger partial charge in [-0.15, -0.1) is 11.3 Å². The number of piperazine rings is 1. The van der Waals surface area contributed by atoms with Crippen LogP contribution in [-0.4, -0.2) is 53.2 Å². The summed E-state index contributed by atoms with van der Waals surface area (Å²) in [7, 11) is 2.19. The van der Waals surface area contributed by atoms with Crippen LogP contribution in [-0.2, 0) is 0 Å². The van der Waals surface area contributed by atoms with E-state index in [1.165, 1.54) is 5.69 Å². The molecule has 1 saturated heterocycles. The molecule has 3 aromatic carbocycles. The summed E-state index contributed by atoms with van der Waals surface area (Å²) in [4.78, 5) is 22.5. The van der Waals surface area contributed by atoms with Crippen LogP contribution in [0.25, 0.3) is 32.6 Å². The van der Waals surface area contributed by atoms with Crippen molar-refractivity contribution in [1.82, 2.24) is 15.0 Å². The molecular formula is C32H33N5O2S. The maximum Gasteiger partial charge on any atom is 0.257 e. The van der Waals surface area contributed by atoms with Gasteiger partial charge in [-0.1, -0.05) is 29.4 Å². The van der Waals surface area contributed by atoms with Crippen LogP contribution in [0.2, 0.25) is 0 Å². The lowest BCUT2D eigenvalue weighted by Gasteiger charge is -2.43. The Morgan fingerprint density at radius 1 is 0.975 bits per heavy atom. The van der Waals surface area contributed by atoms with E-state index in [4.69, 9.17) is 4.52 Å². The van der Waals surface area contributed by atoms with Crippen molar-refractivity contribution in [3.8, 4) is 22.5 Å². The Morgan fingerprint density at radius 2 is 1.70 bits per heavy atom. The second-order valence-electron chi connectivity index (χ2n) is 10.8. The van der Waals surface area contributed by atoms with Gasteiger partial charge in [-0.2, -0.15) is 4.98 Å². The molecule has 7 nitrogen and oxygen atoms in total. The Balaban J connectivity index is 1.19. The summed E-state index contributed by atoms with van der Waals surface area (Å²) < 4.78 is 6.23. The first kappa shape index (κ1) is 26.2. The summed E-state index contributed by atoms with van der Waals surface area (Å²) in [6, 6.07) is 21.6. The van der Waals surface area contributed by atoms with Crippen molar-refractivity contribution in [1.29, 1.82) is 0 Å². The molecule has 0 unspecified atom stereocenters. The lowest BCUT2D eigenvalue weighted by molar-refractivity contribution is 0.102. The number of hydrogen-bond acceptors (Lipinski definition) is 7. The van der Waals surface area contributed by atoms with Crippen LogP contribution < -0.4 is 10.2 Å². The topological polar surface area (TPSA) is 74.5 Å². The average Bonchev–Trinajstić information content (AvgIpc) is 3.58. The molecule has 0 radical (unpaired) electrons. The number of rotatable bonds is 5.